The average molecular weight is 1780 g/mol. The maximum absolute atomic E-state index is 12.6. The van der Waals surface area contributed by atoms with E-state index < -0.39 is 46.6 Å². The molecule has 0 fully saturated rings. The summed E-state index contributed by atoms with van der Waals surface area (Å²) < 4.78 is 78.6. The molecule has 0 atom stereocenters. The van der Waals surface area contributed by atoms with E-state index in [9.17, 15) is 60.3 Å². The first-order valence-corrected chi connectivity index (χ1v) is 42.5. The first-order valence-electron chi connectivity index (χ1n) is 42.5. The number of nitrogens with zero attached hydrogens (tertiary/aromatic N) is 12. The van der Waals surface area contributed by atoms with Gasteiger partial charge in [0.05, 0.1) is 136 Å². The van der Waals surface area contributed by atoms with E-state index in [2.05, 4.69) is 0 Å². The molecular formula is C99H116N12O19. The van der Waals surface area contributed by atoms with Crippen molar-refractivity contribution in [1.82, 2.24) is 0 Å². The molecule has 130 heavy (non-hydrogen) atoms. The summed E-state index contributed by atoms with van der Waals surface area (Å²) in [5, 5.41) is 58.7. The van der Waals surface area contributed by atoms with Crippen LogP contribution in [0.1, 0.15) is 74.9 Å². The number of anilines is 6. The van der Waals surface area contributed by atoms with Crippen LogP contribution in [-0.2, 0) is 90.3 Å². The predicted molar refractivity (Wildman–Crippen MR) is 495 cm³/mol. The quantitative estimate of drug-likeness (QED) is 0.00854. The number of nitriles is 6. The number of hydrogen-bond acceptors (Lipinski definition) is 31. The fraction of sp³-hybridized carbons (Fsp3) is 0.394. The Kier molecular flexibility index (Phi) is 45.9. The lowest BCUT2D eigenvalue weighted by Crippen LogP contribution is -2.47. The zero-order valence-corrected chi connectivity index (χ0v) is 76.1. The Labute approximate surface area is 762 Å². The van der Waals surface area contributed by atoms with Crippen molar-refractivity contribution in [2.75, 3.05) is 237 Å². The number of hydrogen-bond donors (Lipinski definition) is 0. The van der Waals surface area contributed by atoms with Crippen molar-refractivity contribution in [2.45, 2.75) is 41.5 Å². The maximum atomic E-state index is 12.6. The summed E-state index contributed by atoms with van der Waals surface area (Å²) in [5.41, 5.74) is 5.38. The van der Waals surface area contributed by atoms with Gasteiger partial charge in [0.1, 0.15) is 76.6 Å². The Bertz CT molecular complexity index is 4760. The number of likely N-dealkylation sites (N-methyl/N-ethyl adjacent to an activating group) is 5. The summed E-state index contributed by atoms with van der Waals surface area (Å²) in [6, 6.07) is 55.3. The molecule has 0 aromatic heterocycles. The minimum Gasteiger partial charge on any atom is -0.462 e. The van der Waals surface area contributed by atoms with Crippen LogP contribution < -0.4 is 29.4 Å². The summed E-state index contributed by atoms with van der Waals surface area (Å²) >= 11 is 0. The minimum absolute atomic E-state index is 0.0110. The van der Waals surface area contributed by atoms with Gasteiger partial charge in [-0.3, -0.25) is 0 Å². The molecule has 6 rings (SSSR count). The first kappa shape index (κ1) is 105. The lowest BCUT2D eigenvalue weighted by atomic mass is 9.90. The van der Waals surface area contributed by atoms with E-state index in [1.54, 1.807) is 114 Å². The second-order valence-electron chi connectivity index (χ2n) is 29.9. The molecule has 0 bridgehead atoms. The molecule has 31 nitrogen and oxygen atoms in total. The van der Waals surface area contributed by atoms with Gasteiger partial charge in [0, 0.05) is 109 Å². The summed E-state index contributed by atoms with van der Waals surface area (Å²) in [6.45, 7) is 13.5. The lowest BCUT2D eigenvalue weighted by molar-refractivity contribution is -0.141. The Balaban J connectivity index is 1.43. The van der Waals surface area contributed by atoms with Gasteiger partial charge in [-0.1, -0.05) is 72.8 Å². The molecule has 0 aliphatic rings. The number of ether oxygens (including phenoxy) is 13. The molecule has 0 N–H and O–H groups in total. The normalized spacial score (nSPS) is 11.9. The van der Waals surface area contributed by atoms with E-state index in [0.717, 1.165) is 34.1 Å². The maximum Gasteiger partial charge on any atom is 0.348 e. The number of carbonyl (C=O) groups excluding carboxylic acids is 6. The molecule has 0 unspecified atom stereocenters. The number of esters is 6. The Morgan fingerprint density at radius 3 is 0.562 bits per heavy atom. The number of carbonyl (C=O) groups is 6. The van der Waals surface area contributed by atoms with Crippen molar-refractivity contribution < 1.29 is 90.3 Å². The van der Waals surface area contributed by atoms with Gasteiger partial charge in [-0.25, -0.2) is 28.8 Å². The van der Waals surface area contributed by atoms with Crippen LogP contribution in [-0.4, -0.2) is 243 Å². The fourth-order valence-corrected chi connectivity index (χ4v) is 12.6. The van der Waals surface area contributed by atoms with Crippen molar-refractivity contribution in [1.29, 1.82) is 31.6 Å². The van der Waals surface area contributed by atoms with Crippen LogP contribution in [0.15, 0.2) is 179 Å². The van der Waals surface area contributed by atoms with E-state index in [0.29, 0.717) is 66.1 Å². The van der Waals surface area contributed by atoms with Gasteiger partial charge < -0.3 is 91.0 Å². The van der Waals surface area contributed by atoms with Crippen LogP contribution in [0.3, 0.4) is 0 Å². The number of benzene rings is 6. The van der Waals surface area contributed by atoms with Crippen molar-refractivity contribution in [3.05, 3.63) is 212 Å². The highest BCUT2D eigenvalue weighted by molar-refractivity contribution is 6.01. The molecule has 0 heterocycles. The third kappa shape index (κ3) is 35.3. The second-order valence-corrected chi connectivity index (χ2v) is 29.9. The topological polar surface area (TPSA) is 385 Å². The molecule has 0 saturated heterocycles. The Morgan fingerprint density at radius 2 is 0.400 bits per heavy atom. The molecule has 0 aliphatic carbocycles. The molecular weight excluding hydrogens is 1660 g/mol. The van der Waals surface area contributed by atoms with Gasteiger partial charge in [-0.15, -0.1) is 0 Å². The molecule has 0 amide bonds. The minimum atomic E-state index is -1.12. The van der Waals surface area contributed by atoms with Crippen molar-refractivity contribution in [3.8, 4) is 36.4 Å². The van der Waals surface area contributed by atoms with Gasteiger partial charge >= 0.3 is 35.8 Å². The zero-order chi connectivity index (χ0) is 94.6. The summed E-state index contributed by atoms with van der Waals surface area (Å²) in [6.07, 6.45) is 8.79. The van der Waals surface area contributed by atoms with Crippen LogP contribution >= 0.6 is 0 Å². The van der Waals surface area contributed by atoms with Crippen LogP contribution in [0.25, 0.3) is 36.5 Å². The standard InChI is InChI=1S/C99H116N12O19/c1-13-125-92(112)80(59-100)53-74-19-31-86(32-20-74)106(7)43-48-118-65-98(66-119-49-44-107(8)87-33-21-75(22-34-87)54-81(60-101)93(113)126-14-2,67-120-50-45-108(9)88-35-23-76(24-36-88)55-82(61-102)94(114)127-15-3)70-123-71-99(72-124-73-111(12)91-41-29-79(30-42-91)58-85(64-105)97(117)130-18-6,68-121-51-46-109(10)89-37-25-77(26-38-89)56-83(62-103)95(115)128-16-4)69-122-52-47-110(11)90-39-27-78(28-40-90)57-84(63-104)96(116)129-17-5/h19-42,53-58H,13-18,43-52,65-73H2,1-12H3/b80-53+,81-54+,82-55+,83-56+,84-57+,85-58+. The van der Waals surface area contributed by atoms with E-state index >= 15 is 0 Å². The Hall–Kier alpha value is -14.0. The van der Waals surface area contributed by atoms with Crippen LogP contribution in [0.2, 0.25) is 0 Å². The van der Waals surface area contributed by atoms with Gasteiger partial charge in [0.2, 0.25) is 0 Å². The fourth-order valence-electron chi connectivity index (χ4n) is 12.6. The summed E-state index contributed by atoms with van der Waals surface area (Å²) in [5.74, 6) is -4.35. The highest BCUT2D eigenvalue weighted by Crippen LogP contribution is 2.30. The average Bonchev–Trinajstić information content (AvgIpc) is 0.572. The van der Waals surface area contributed by atoms with Gasteiger partial charge in [0.15, 0.2) is 0 Å². The van der Waals surface area contributed by atoms with Crippen LogP contribution in [0.4, 0.5) is 34.1 Å². The van der Waals surface area contributed by atoms with E-state index in [4.69, 9.17) is 61.6 Å². The predicted octanol–water partition coefficient (Wildman–Crippen LogP) is 12.7. The van der Waals surface area contributed by atoms with Crippen LogP contribution in [0.5, 0.6) is 0 Å². The van der Waals surface area contributed by atoms with Crippen molar-refractivity contribution in [2.24, 2.45) is 10.8 Å². The van der Waals surface area contributed by atoms with E-state index in [-0.39, 0.29) is 166 Å². The molecule has 6 aromatic rings. The van der Waals surface area contributed by atoms with Gasteiger partial charge in [-0.05, 0) is 184 Å². The molecule has 0 radical (unpaired) electrons. The molecule has 0 aliphatic heterocycles. The first-order chi connectivity index (χ1) is 62.8. The van der Waals surface area contributed by atoms with Crippen molar-refractivity contribution >= 4 is 106 Å². The monoisotopic (exact) mass is 1780 g/mol. The van der Waals surface area contributed by atoms with Crippen LogP contribution in [0, 0.1) is 78.8 Å². The lowest BCUT2D eigenvalue weighted by Gasteiger charge is -2.37. The molecule has 0 spiro atoms. The molecule has 31 heteroatoms. The smallest absolute Gasteiger partial charge is 0.348 e. The molecule has 6 aromatic carbocycles. The third-order valence-electron chi connectivity index (χ3n) is 20.0. The Morgan fingerprint density at radius 1 is 0.246 bits per heavy atom. The van der Waals surface area contributed by atoms with Gasteiger partial charge in [-0.2, -0.15) is 31.6 Å². The largest absolute Gasteiger partial charge is 0.462 e. The third-order valence-corrected chi connectivity index (χ3v) is 20.0. The molecule has 686 valence electrons. The van der Waals surface area contributed by atoms with E-state index in [1.165, 1.54) is 36.5 Å². The summed E-state index contributed by atoms with van der Waals surface area (Å²) in [7, 11) is 11.4. The van der Waals surface area contributed by atoms with E-state index in [1.807, 2.05) is 181 Å². The van der Waals surface area contributed by atoms with Crippen molar-refractivity contribution in [3.63, 3.8) is 0 Å². The molecule has 0 saturated carbocycles. The second kappa shape index (κ2) is 57.0. The highest BCUT2D eigenvalue weighted by atomic mass is 16.6. The highest BCUT2D eigenvalue weighted by Gasteiger charge is 2.38. The van der Waals surface area contributed by atoms with Gasteiger partial charge in [0.25, 0.3) is 0 Å². The zero-order valence-electron chi connectivity index (χ0n) is 76.1. The summed E-state index contributed by atoms with van der Waals surface area (Å²) in [4.78, 5) is 87.1. The number of rotatable bonds is 57. The SMILES string of the molecule is CCOC(=O)/C(C#N)=C/c1ccc(N(C)CCOCC(COCCN(C)c2ccc(/C=C(\C#N)C(=O)OCC)cc2)(COCCN(C)c2ccc(/C=C(\C#N)C(=O)OCC)cc2)COCC(COCCN(C)c2ccc(/C=C(\C#N)C(=O)OCC)cc2)(COCCN(C)c2ccc(/C=C(\C#N)C(=O)OCC)cc2)COCN(C)c2ccc(/C=C(\C#N)C(=O)OCC)cc2)cc1.